The molecule has 15 heavy (non-hydrogen) atoms. The van der Waals surface area contributed by atoms with E-state index in [9.17, 15) is 0 Å². The molecule has 2 nitrogen and oxygen atoms in total. The molecule has 1 aromatic carbocycles. The molecule has 0 aliphatic heterocycles. The fraction of sp³-hybridized carbons (Fsp3) is 0.455. The van der Waals surface area contributed by atoms with E-state index in [0.29, 0.717) is 22.5 Å². The summed E-state index contributed by atoms with van der Waals surface area (Å²) in [6, 6.07) is 5.88. The Morgan fingerprint density at radius 1 is 1.33 bits per heavy atom. The van der Waals surface area contributed by atoms with Crippen LogP contribution >= 0.6 is 23.2 Å². The molecule has 0 aromatic heterocycles. The molecule has 1 aromatic rings. The van der Waals surface area contributed by atoms with Crippen LogP contribution in [0, 0.1) is 5.92 Å². The van der Waals surface area contributed by atoms with E-state index in [0.717, 1.165) is 5.56 Å². The summed E-state index contributed by atoms with van der Waals surface area (Å²) in [5, 5.41) is 4.40. The highest BCUT2D eigenvalue weighted by Crippen LogP contribution is 2.28. The molecule has 0 aliphatic carbocycles. The predicted molar refractivity (Wildman–Crippen MR) is 66.5 cm³/mol. The van der Waals surface area contributed by atoms with Crippen molar-refractivity contribution in [3.63, 3.8) is 0 Å². The van der Waals surface area contributed by atoms with Gasteiger partial charge in [0.2, 0.25) is 0 Å². The third kappa shape index (κ3) is 3.08. The van der Waals surface area contributed by atoms with Crippen molar-refractivity contribution >= 4 is 23.2 Å². The second-order valence-corrected chi connectivity index (χ2v) is 4.47. The van der Waals surface area contributed by atoms with Gasteiger partial charge in [0.05, 0.1) is 10.0 Å². The van der Waals surface area contributed by atoms with Gasteiger partial charge in [-0.15, -0.1) is 0 Å². The highest BCUT2D eigenvalue weighted by molar-refractivity contribution is 6.42. The SMILES string of the molecule is CNC(c1ccc(Cl)c(Cl)c1)C(C)CN. The van der Waals surface area contributed by atoms with Crippen LogP contribution in [0.4, 0.5) is 0 Å². The number of hydrogen-bond acceptors (Lipinski definition) is 2. The molecule has 0 saturated carbocycles. The van der Waals surface area contributed by atoms with Crippen LogP contribution in [0.1, 0.15) is 18.5 Å². The number of hydrogen-bond donors (Lipinski definition) is 2. The number of nitrogens with two attached hydrogens (primary N) is 1. The largest absolute Gasteiger partial charge is 0.330 e. The molecule has 0 spiro atoms. The third-order valence-electron chi connectivity index (χ3n) is 2.55. The summed E-state index contributed by atoms with van der Waals surface area (Å²) < 4.78 is 0. The van der Waals surface area contributed by atoms with Gasteiger partial charge in [0.15, 0.2) is 0 Å². The Labute approximate surface area is 101 Å². The minimum atomic E-state index is 0.213. The summed E-state index contributed by atoms with van der Waals surface area (Å²) in [4.78, 5) is 0. The Kier molecular flexibility index (Phi) is 4.87. The van der Waals surface area contributed by atoms with Crippen LogP contribution in [0.15, 0.2) is 18.2 Å². The van der Waals surface area contributed by atoms with Crippen molar-refractivity contribution < 1.29 is 0 Å². The van der Waals surface area contributed by atoms with Gasteiger partial charge in [0.1, 0.15) is 0 Å². The van der Waals surface area contributed by atoms with Crippen LogP contribution < -0.4 is 11.1 Å². The Morgan fingerprint density at radius 2 is 2.00 bits per heavy atom. The first-order valence-corrected chi connectivity index (χ1v) is 5.68. The molecule has 0 bridgehead atoms. The Bertz CT molecular complexity index is 328. The molecule has 3 N–H and O–H groups in total. The monoisotopic (exact) mass is 246 g/mol. The minimum Gasteiger partial charge on any atom is -0.330 e. The molecule has 0 fully saturated rings. The first-order valence-electron chi connectivity index (χ1n) is 4.92. The molecule has 0 heterocycles. The van der Waals surface area contributed by atoms with Crippen LogP contribution in [0.3, 0.4) is 0 Å². The lowest BCUT2D eigenvalue weighted by molar-refractivity contribution is 0.419. The summed E-state index contributed by atoms with van der Waals surface area (Å²) >= 11 is 11.8. The van der Waals surface area contributed by atoms with Crippen molar-refractivity contribution in [3.8, 4) is 0 Å². The van der Waals surface area contributed by atoms with Crippen LogP contribution in [0.5, 0.6) is 0 Å². The Morgan fingerprint density at radius 3 is 2.47 bits per heavy atom. The molecule has 2 unspecified atom stereocenters. The second kappa shape index (κ2) is 5.71. The number of nitrogens with one attached hydrogen (secondary N) is 1. The first kappa shape index (κ1) is 12.8. The van der Waals surface area contributed by atoms with E-state index < -0.39 is 0 Å². The van der Waals surface area contributed by atoms with Crippen LogP contribution in [0.25, 0.3) is 0 Å². The summed E-state index contributed by atoms with van der Waals surface area (Å²) in [6.45, 7) is 2.73. The molecule has 2 atom stereocenters. The quantitative estimate of drug-likeness (QED) is 0.858. The average molecular weight is 247 g/mol. The predicted octanol–water partition coefficient (Wildman–Crippen LogP) is 2.85. The van der Waals surface area contributed by atoms with Crippen molar-refractivity contribution in [1.29, 1.82) is 0 Å². The highest BCUT2D eigenvalue weighted by atomic mass is 35.5. The molecule has 0 aliphatic rings. The zero-order valence-electron chi connectivity index (χ0n) is 8.93. The van der Waals surface area contributed by atoms with Crippen LogP contribution in [0.2, 0.25) is 10.0 Å². The highest BCUT2D eigenvalue weighted by Gasteiger charge is 2.16. The Balaban J connectivity index is 2.97. The van der Waals surface area contributed by atoms with E-state index in [4.69, 9.17) is 28.9 Å². The van der Waals surface area contributed by atoms with Crippen molar-refractivity contribution in [1.82, 2.24) is 5.32 Å². The van der Waals surface area contributed by atoms with Crippen molar-refractivity contribution in [3.05, 3.63) is 33.8 Å². The van der Waals surface area contributed by atoms with Gasteiger partial charge >= 0.3 is 0 Å². The smallest absolute Gasteiger partial charge is 0.0595 e. The standard InChI is InChI=1S/C11H16Cl2N2/c1-7(6-14)11(15-2)8-3-4-9(12)10(13)5-8/h3-5,7,11,15H,6,14H2,1-2H3. The zero-order chi connectivity index (χ0) is 11.4. The van der Waals surface area contributed by atoms with E-state index in [1.807, 2.05) is 25.2 Å². The lowest BCUT2D eigenvalue weighted by Crippen LogP contribution is -2.28. The number of halogens is 2. The van der Waals surface area contributed by atoms with Gasteiger partial charge in [-0.25, -0.2) is 0 Å². The van der Waals surface area contributed by atoms with Crippen molar-refractivity contribution in [2.75, 3.05) is 13.6 Å². The maximum atomic E-state index is 5.97. The normalized spacial score (nSPS) is 15.0. The molecular formula is C11H16Cl2N2. The van der Waals surface area contributed by atoms with E-state index in [1.54, 1.807) is 0 Å². The molecule has 84 valence electrons. The molecule has 0 radical (unpaired) electrons. The average Bonchev–Trinajstić information content (AvgIpc) is 2.24. The Hall–Kier alpha value is -0.280. The van der Waals surface area contributed by atoms with Crippen molar-refractivity contribution in [2.24, 2.45) is 11.7 Å². The fourth-order valence-corrected chi connectivity index (χ4v) is 1.93. The third-order valence-corrected chi connectivity index (χ3v) is 3.29. The number of benzene rings is 1. The summed E-state index contributed by atoms with van der Waals surface area (Å²) in [7, 11) is 1.92. The van der Waals surface area contributed by atoms with E-state index >= 15 is 0 Å². The lowest BCUT2D eigenvalue weighted by atomic mass is 9.95. The van der Waals surface area contributed by atoms with E-state index in [-0.39, 0.29) is 6.04 Å². The van der Waals surface area contributed by atoms with Gasteiger partial charge in [-0.1, -0.05) is 36.2 Å². The molecule has 0 saturated heterocycles. The fourth-order valence-electron chi connectivity index (χ4n) is 1.62. The van der Waals surface area contributed by atoms with Gasteiger partial charge in [0.25, 0.3) is 0 Å². The van der Waals surface area contributed by atoms with E-state index in [2.05, 4.69) is 12.2 Å². The molecule has 4 heteroatoms. The summed E-state index contributed by atoms with van der Waals surface area (Å²) in [6.07, 6.45) is 0. The number of rotatable bonds is 4. The van der Waals surface area contributed by atoms with Crippen LogP contribution in [-0.2, 0) is 0 Å². The molecule has 0 amide bonds. The second-order valence-electron chi connectivity index (χ2n) is 3.65. The lowest BCUT2D eigenvalue weighted by Gasteiger charge is -2.23. The first-order chi connectivity index (χ1) is 7.10. The van der Waals surface area contributed by atoms with Gasteiger partial charge in [0, 0.05) is 6.04 Å². The maximum absolute atomic E-state index is 5.97. The van der Waals surface area contributed by atoms with E-state index in [1.165, 1.54) is 0 Å². The molecule has 1 rings (SSSR count). The molecular weight excluding hydrogens is 231 g/mol. The minimum absolute atomic E-state index is 0.213. The topological polar surface area (TPSA) is 38.0 Å². The summed E-state index contributed by atoms with van der Waals surface area (Å²) in [5.41, 5.74) is 6.77. The zero-order valence-corrected chi connectivity index (χ0v) is 10.4. The maximum Gasteiger partial charge on any atom is 0.0595 e. The summed E-state index contributed by atoms with van der Waals surface area (Å²) in [5.74, 6) is 0.354. The van der Waals surface area contributed by atoms with Gasteiger partial charge in [-0.05, 0) is 37.2 Å². The van der Waals surface area contributed by atoms with Crippen molar-refractivity contribution in [2.45, 2.75) is 13.0 Å². The van der Waals surface area contributed by atoms with Gasteiger partial charge in [-0.3, -0.25) is 0 Å². The van der Waals surface area contributed by atoms with Gasteiger partial charge in [-0.2, -0.15) is 0 Å². The van der Waals surface area contributed by atoms with Crippen LogP contribution in [-0.4, -0.2) is 13.6 Å². The van der Waals surface area contributed by atoms with Gasteiger partial charge < -0.3 is 11.1 Å².